The molecule has 0 radical (unpaired) electrons. The summed E-state index contributed by atoms with van der Waals surface area (Å²) in [5.74, 6) is -0.0597. The zero-order valence-corrected chi connectivity index (χ0v) is 16.9. The van der Waals surface area contributed by atoms with Crippen LogP contribution in [0.3, 0.4) is 0 Å². The second-order valence-electron chi connectivity index (χ2n) is 6.74. The number of aryl methyl sites for hydroxylation is 1. The number of benzene rings is 2. The molecule has 0 fully saturated rings. The average Bonchev–Trinajstić information content (AvgIpc) is 2.65. The van der Waals surface area contributed by atoms with Crippen LogP contribution in [0.1, 0.15) is 24.0 Å². The maximum Gasteiger partial charge on any atom is 0.223 e. The van der Waals surface area contributed by atoms with Crippen LogP contribution in [0.5, 0.6) is 0 Å². The lowest BCUT2D eigenvalue weighted by atomic mass is 10.1. The minimum atomic E-state index is -3.34. The van der Waals surface area contributed by atoms with Crippen molar-refractivity contribution in [2.24, 2.45) is 0 Å². The molecule has 0 atom stereocenters. The van der Waals surface area contributed by atoms with Crippen molar-refractivity contribution in [2.45, 2.75) is 25.8 Å². The fourth-order valence-corrected chi connectivity index (χ4v) is 3.79. The summed E-state index contributed by atoms with van der Waals surface area (Å²) in [4.78, 5) is 14.0. The first-order chi connectivity index (χ1) is 12.9. The maximum atomic E-state index is 12.4. The van der Waals surface area contributed by atoms with Crippen LogP contribution in [-0.2, 0) is 27.8 Å². The smallest absolute Gasteiger partial charge is 0.223 e. The number of hydrogen-bond donors (Lipinski definition) is 0. The summed E-state index contributed by atoms with van der Waals surface area (Å²) in [7, 11) is -1.59. The van der Waals surface area contributed by atoms with Crippen molar-refractivity contribution in [2.75, 3.05) is 26.4 Å². The molecule has 6 heteroatoms. The number of carbonyl (C=O) groups excluding carboxylic acids is 1. The quantitative estimate of drug-likeness (QED) is 0.629. The van der Waals surface area contributed by atoms with Crippen molar-refractivity contribution in [3.05, 3.63) is 71.8 Å². The lowest BCUT2D eigenvalue weighted by molar-refractivity contribution is -0.130. The Morgan fingerprint density at radius 1 is 0.889 bits per heavy atom. The fourth-order valence-electron chi connectivity index (χ4n) is 2.90. The van der Waals surface area contributed by atoms with Gasteiger partial charge in [-0.2, -0.15) is 0 Å². The second-order valence-corrected chi connectivity index (χ2v) is 8.72. The first-order valence-electron chi connectivity index (χ1n) is 9.13. The van der Waals surface area contributed by atoms with E-state index in [1.165, 1.54) is 16.1 Å². The van der Waals surface area contributed by atoms with E-state index in [2.05, 4.69) is 0 Å². The van der Waals surface area contributed by atoms with E-state index < -0.39 is 10.0 Å². The van der Waals surface area contributed by atoms with Gasteiger partial charge in [0.1, 0.15) is 0 Å². The molecule has 146 valence electrons. The molecule has 0 heterocycles. The van der Waals surface area contributed by atoms with Gasteiger partial charge in [-0.25, -0.2) is 12.7 Å². The minimum Gasteiger partial charge on any atom is -0.341 e. The van der Waals surface area contributed by atoms with Crippen molar-refractivity contribution < 1.29 is 13.2 Å². The molecule has 0 saturated carbocycles. The highest BCUT2D eigenvalue weighted by atomic mass is 32.2. The third kappa shape index (κ3) is 7.53. The van der Waals surface area contributed by atoms with Gasteiger partial charge in [0.05, 0.1) is 6.26 Å². The molecule has 5 nitrogen and oxygen atoms in total. The van der Waals surface area contributed by atoms with Crippen LogP contribution in [0.4, 0.5) is 0 Å². The molecule has 0 aliphatic rings. The zero-order valence-electron chi connectivity index (χ0n) is 16.0. The van der Waals surface area contributed by atoms with Crippen molar-refractivity contribution in [3.63, 3.8) is 0 Å². The second kappa shape index (κ2) is 10.2. The molecule has 0 spiro atoms. The summed E-state index contributed by atoms with van der Waals surface area (Å²) >= 11 is 0. The van der Waals surface area contributed by atoms with Crippen LogP contribution in [0, 0.1) is 0 Å². The van der Waals surface area contributed by atoms with Crippen molar-refractivity contribution in [1.29, 1.82) is 0 Å². The summed E-state index contributed by atoms with van der Waals surface area (Å²) in [6.45, 7) is 1.15. The molecule has 2 aromatic carbocycles. The van der Waals surface area contributed by atoms with Gasteiger partial charge in [0.2, 0.25) is 15.9 Å². The van der Waals surface area contributed by atoms with Gasteiger partial charge < -0.3 is 4.90 Å². The van der Waals surface area contributed by atoms with Crippen LogP contribution < -0.4 is 0 Å². The molecule has 27 heavy (non-hydrogen) atoms. The summed E-state index contributed by atoms with van der Waals surface area (Å²) in [6, 6.07) is 19.7. The van der Waals surface area contributed by atoms with Crippen LogP contribution >= 0.6 is 0 Å². The first kappa shape index (κ1) is 21.1. The first-order valence-corrected chi connectivity index (χ1v) is 11.0. The summed E-state index contributed by atoms with van der Waals surface area (Å²) in [5, 5.41) is 0. The van der Waals surface area contributed by atoms with Crippen molar-refractivity contribution in [1.82, 2.24) is 9.21 Å². The molecule has 1 amide bonds. The Hall–Kier alpha value is -2.18. The van der Waals surface area contributed by atoms with Gasteiger partial charge in [0, 0.05) is 33.1 Å². The number of sulfonamides is 1. The maximum absolute atomic E-state index is 12.4. The molecule has 2 aromatic rings. The van der Waals surface area contributed by atoms with Crippen molar-refractivity contribution in [3.8, 4) is 0 Å². The number of nitrogens with zero attached hydrogens (tertiary/aromatic N) is 2. The van der Waals surface area contributed by atoms with E-state index in [-0.39, 0.29) is 18.9 Å². The highest BCUT2D eigenvalue weighted by Crippen LogP contribution is 2.09. The van der Waals surface area contributed by atoms with Crippen LogP contribution in [0.2, 0.25) is 0 Å². The van der Waals surface area contributed by atoms with E-state index in [1.54, 1.807) is 11.9 Å². The summed E-state index contributed by atoms with van der Waals surface area (Å²) in [5.41, 5.74) is 2.24. The Balaban J connectivity index is 1.83. The van der Waals surface area contributed by atoms with Gasteiger partial charge in [-0.3, -0.25) is 4.79 Å². The Labute approximate surface area is 162 Å². The lowest BCUT2D eigenvalue weighted by Gasteiger charge is -2.22. The zero-order chi connectivity index (χ0) is 19.7. The Bertz CT molecular complexity index is 808. The van der Waals surface area contributed by atoms with Gasteiger partial charge in [-0.05, 0) is 24.0 Å². The van der Waals surface area contributed by atoms with Crippen LogP contribution in [-0.4, -0.2) is 49.9 Å². The highest BCUT2D eigenvalue weighted by Gasteiger charge is 2.19. The molecular weight excluding hydrogens is 360 g/mol. The standard InChI is InChI=1S/C21H28N2O3S/c1-22(18-20-12-7-4-8-13-20)21(24)15-17-23(27(2,25)26)16-9-14-19-10-5-3-6-11-19/h3-8,10-13H,9,14-18H2,1-2H3. The SMILES string of the molecule is CN(Cc1ccccc1)C(=O)CCN(CCCc1ccccc1)S(C)(=O)=O. The van der Waals surface area contributed by atoms with Gasteiger partial charge >= 0.3 is 0 Å². The van der Waals surface area contributed by atoms with E-state index >= 15 is 0 Å². The third-order valence-electron chi connectivity index (χ3n) is 4.45. The Morgan fingerprint density at radius 3 is 2.00 bits per heavy atom. The van der Waals surface area contributed by atoms with E-state index in [9.17, 15) is 13.2 Å². The number of amides is 1. The van der Waals surface area contributed by atoms with Gasteiger partial charge in [0.25, 0.3) is 0 Å². The normalized spacial score (nSPS) is 11.5. The molecule has 0 aliphatic heterocycles. The van der Waals surface area contributed by atoms with E-state index in [1.807, 2.05) is 60.7 Å². The van der Waals surface area contributed by atoms with Gasteiger partial charge in [0.15, 0.2) is 0 Å². The predicted octanol–water partition coefficient (Wildman–Crippen LogP) is 2.93. The predicted molar refractivity (Wildman–Crippen MR) is 109 cm³/mol. The Kier molecular flexibility index (Phi) is 8.00. The van der Waals surface area contributed by atoms with Crippen LogP contribution in [0.25, 0.3) is 0 Å². The van der Waals surface area contributed by atoms with E-state index in [0.29, 0.717) is 13.1 Å². The van der Waals surface area contributed by atoms with Gasteiger partial charge in [-0.15, -0.1) is 0 Å². The summed E-state index contributed by atoms with van der Waals surface area (Å²) in [6.07, 6.45) is 2.93. The minimum absolute atomic E-state index is 0.0597. The largest absolute Gasteiger partial charge is 0.341 e. The topological polar surface area (TPSA) is 57.7 Å². The monoisotopic (exact) mass is 388 g/mol. The molecule has 0 saturated heterocycles. The molecule has 2 rings (SSSR count). The number of rotatable bonds is 10. The lowest BCUT2D eigenvalue weighted by Crippen LogP contribution is -2.36. The molecule has 0 N–H and O–H groups in total. The summed E-state index contributed by atoms with van der Waals surface area (Å²) < 4.78 is 25.5. The fraction of sp³-hybridized carbons (Fsp3) is 0.381. The van der Waals surface area contributed by atoms with E-state index in [0.717, 1.165) is 18.4 Å². The number of hydrogen-bond acceptors (Lipinski definition) is 3. The number of carbonyl (C=O) groups is 1. The van der Waals surface area contributed by atoms with Crippen LogP contribution in [0.15, 0.2) is 60.7 Å². The van der Waals surface area contributed by atoms with Gasteiger partial charge in [-0.1, -0.05) is 60.7 Å². The van der Waals surface area contributed by atoms with Crippen molar-refractivity contribution >= 4 is 15.9 Å². The molecular formula is C21H28N2O3S. The molecule has 0 bridgehead atoms. The third-order valence-corrected chi connectivity index (χ3v) is 5.75. The highest BCUT2D eigenvalue weighted by molar-refractivity contribution is 7.88. The molecule has 0 aliphatic carbocycles. The van der Waals surface area contributed by atoms with E-state index in [4.69, 9.17) is 0 Å². The molecule has 0 aromatic heterocycles. The average molecular weight is 389 g/mol. The molecule has 0 unspecified atom stereocenters. The Morgan fingerprint density at radius 2 is 1.44 bits per heavy atom.